The van der Waals surface area contributed by atoms with Gasteiger partial charge in [0.25, 0.3) is 0 Å². The molecule has 0 bridgehead atoms. The Morgan fingerprint density at radius 1 is 1.14 bits per heavy atom. The lowest BCUT2D eigenvalue weighted by molar-refractivity contribution is 0.160. The van der Waals surface area contributed by atoms with Gasteiger partial charge in [-0.3, -0.25) is 0 Å². The van der Waals surface area contributed by atoms with Crippen LogP contribution in [0, 0.1) is 6.92 Å². The Morgan fingerprint density at radius 3 is 2.32 bits per heavy atom. The highest BCUT2D eigenvalue weighted by Crippen LogP contribution is 2.26. The summed E-state index contributed by atoms with van der Waals surface area (Å²) in [5.41, 5.74) is 8.73. The minimum Gasteiger partial charge on any atom is -0.497 e. The van der Waals surface area contributed by atoms with Crippen molar-refractivity contribution in [2.24, 2.45) is 5.73 Å². The number of aryl methyl sites for hydroxylation is 1. The summed E-state index contributed by atoms with van der Waals surface area (Å²) in [7, 11) is 1.63. The second-order valence-corrected chi connectivity index (χ2v) is 5.01. The van der Waals surface area contributed by atoms with Crippen LogP contribution in [0.25, 0.3) is 0 Å². The van der Waals surface area contributed by atoms with E-state index < -0.39 is 6.10 Å². The molecular weight excluding hydrogens is 300 g/mol. The maximum atomic E-state index is 10.2. The zero-order valence-corrected chi connectivity index (χ0v) is 13.6. The number of nitrogens with two attached hydrogens (primary N) is 1. The first kappa shape index (κ1) is 18.3. The molecule has 0 amide bonds. The van der Waals surface area contributed by atoms with Crippen molar-refractivity contribution < 1.29 is 9.84 Å². The van der Waals surface area contributed by atoms with Crippen molar-refractivity contribution in [1.29, 1.82) is 0 Å². The van der Waals surface area contributed by atoms with E-state index in [1.807, 2.05) is 55.5 Å². The number of halogens is 1. The van der Waals surface area contributed by atoms with E-state index in [1.54, 1.807) is 7.11 Å². The van der Waals surface area contributed by atoms with Gasteiger partial charge in [0.1, 0.15) is 5.75 Å². The maximum absolute atomic E-state index is 10.2. The van der Waals surface area contributed by atoms with Crippen LogP contribution in [-0.4, -0.2) is 24.9 Å². The van der Waals surface area contributed by atoms with E-state index in [0.29, 0.717) is 0 Å². The zero-order chi connectivity index (χ0) is 15.2. The average Bonchev–Trinajstić information content (AvgIpc) is 2.53. The number of anilines is 1. The minimum absolute atomic E-state index is 0. The van der Waals surface area contributed by atoms with Gasteiger partial charge in [0.05, 0.1) is 19.3 Å². The maximum Gasteiger partial charge on any atom is 0.118 e. The fraction of sp³-hybridized carbons (Fsp3) is 0.294. The molecule has 2 rings (SSSR count). The lowest BCUT2D eigenvalue weighted by atomic mass is 10.00. The number of aliphatic hydroxyl groups is 1. The fourth-order valence-corrected chi connectivity index (χ4v) is 2.25. The normalized spacial score (nSPS) is 12.9. The Morgan fingerprint density at radius 2 is 1.77 bits per heavy atom. The van der Waals surface area contributed by atoms with Crippen LogP contribution < -0.4 is 15.8 Å². The Balaban J connectivity index is 0.00000242. The summed E-state index contributed by atoms with van der Waals surface area (Å²) in [6, 6.07) is 15.4. The van der Waals surface area contributed by atoms with Gasteiger partial charge in [-0.05, 0) is 36.2 Å². The molecule has 4 N–H and O–H groups in total. The summed E-state index contributed by atoms with van der Waals surface area (Å²) < 4.78 is 5.17. The molecule has 0 saturated heterocycles. The highest BCUT2D eigenvalue weighted by Gasteiger charge is 2.20. The molecule has 5 heteroatoms. The second-order valence-electron chi connectivity index (χ2n) is 5.01. The van der Waals surface area contributed by atoms with E-state index in [2.05, 4.69) is 5.32 Å². The number of nitrogens with one attached hydrogen (secondary N) is 1. The third kappa shape index (κ3) is 4.37. The first-order valence-electron chi connectivity index (χ1n) is 7.00. The van der Waals surface area contributed by atoms with E-state index in [-0.39, 0.29) is 25.0 Å². The standard InChI is InChI=1S/C17H22N2O2.ClH/c1-12-5-3-4-6-15(12)19-17(16(20)11-18)13-7-9-14(21-2)10-8-13;/h3-10,16-17,19-20H,11,18H2,1-2H3;1H. The zero-order valence-electron chi connectivity index (χ0n) is 12.8. The molecule has 2 aromatic carbocycles. The topological polar surface area (TPSA) is 67.5 Å². The summed E-state index contributed by atoms with van der Waals surface area (Å²) in [4.78, 5) is 0. The van der Waals surface area contributed by atoms with Crippen molar-refractivity contribution in [2.75, 3.05) is 19.0 Å². The van der Waals surface area contributed by atoms with Gasteiger partial charge < -0.3 is 20.9 Å². The van der Waals surface area contributed by atoms with Crippen molar-refractivity contribution in [3.8, 4) is 5.75 Å². The van der Waals surface area contributed by atoms with Crippen LogP contribution in [-0.2, 0) is 0 Å². The highest BCUT2D eigenvalue weighted by molar-refractivity contribution is 5.85. The quantitative estimate of drug-likeness (QED) is 0.765. The molecule has 0 aliphatic carbocycles. The van der Waals surface area contributed by atoms with Crippen LogP contribution in [0.5, 0.6) is 5.75 Å². The molecule has 4 nitrogen and oxygen atoms in total. The molecular formula is C17H23ClN2O2. The van der Waals surface area contributed by atoms with Crippen LogP contribution in [0.15, 0.2) is 48.5 Å². The Hall–Kier alpha value is -1.75. The van der Waals surface area contributed by atoms with Gasteiger partial charge in [-0.15, -0.1) is 12.4 Å². The summed E-state index contributed by atoms with van der Waals surface area (Å²) in [6.07, 6.45) is -0.669. The molecule has 2 atom stereocenters. The van der Waals surface area contributed by atoms with Crippen LogP contribution in [0.3, 0.4) is 0 Å². The third-order valence-corrected chi connectivity index (χ3v) is 3.56. The number of para-hydroxylation sites is 1. The van der Waals surface area contributed by atoms with Crippen LogP contribution in [0.1, 0.15) is 17.2 Å². The second kappa shape index (κ2) is 8.63. The molecule has 0 radical (unpaired) electrons. The lowest BCUT2D eigenvalue weighted by Crippen LogP contribution is -2.32. The minimum atomic E-state index is -0.669. The predicted molar refractivity (Wildman–Crippen MR) is 92.8 cm³/mol. The van der Waals surface area contributed by atoms with Crippen molar-refractivity contribution in [3.63, 3.8) is 0 Å². The van der Waals surface area contributed by atoms with Crippen molar-refractivity contribution >= 4 is 18.1 Å². The molecule has 0 fully saturated rings. The number of benzene rings is 2. The van der Waals surface area contributed by atoms with Gasteiger partial charge in [-0.25, -0.2) is 0 Å². The van der Waals surface area contributed by atoms with Crippen molar-refractivity contribution in [2.45, 2.75) is 19.1 Å². The monoisotopic (exact) mass is 322 g/mol. The highest BCUT2D eigenvalue weighted by atomic mass is 35.5. The molecule has 0 saturated carbocycles. The van der Waals surface area contributed by atoms with E-state index in [1.165, 1.54) is 0 Å². The molecule has 0 heterocycles. The fourth-order valence-electron chi connectivity index (χ4n) is 2.25. The Bertz CT molecular complexity index is 575. The van der Waals surface area contributed by atoms with Crippen molar-refractivity contribution in [1.82, 2.24) is 0 Å². The number of hydrogen-bond acceptors (Lipinski definition) is 4. The number of ether oxygens (including phenoxy) is 1. The molecule has 0 spiro atoms. The summed E-state index contributed by atoms with van der Waals surface area (Å²) in [5, 5.41) is 13.6. The summed E-state index contributed by atoms with van der Waals surface area (Å²) >= 11 is 0. The van der Waals surface area contributed by atoms with E-state index in [0.717, 1.165) is 22.6 Å². The summed E-state index contributed by atoms with van der Waals surface area (Å²) in [6.45, 7) is 2.22. The Labute approximate surface area is 137 Å². The lowest BCUT2D eigenvalue weighted by Gasteiger charge is -2.25. The number of aliphatic hydroxyl groups excluding tert-OH is 1. The third-order valence-electron chi connectivity index (χ3n) is 3.56. The van der Waals surface area contributed by atoms with Gasteiger partial charge in [-0.2, -0.15) is 0 Å². The number of rotatable bonds is 6. The largest absolute Gasteiger partial charge is 0.497 e. The van der Waals surface area contributed by atoms with E-state index in [4.69, 9.17) is 10.5 Å². The molecule has 22 heavy (non-hydrogen) atoms. The summed E-state index contributed by atoms with van der Waals surface area (Å²) in [5.74, 6) is 0.788. The van der Waals surface area contributed by atoms with E-state index >= 15 is 0 Å². The number of methoxy groups -OCH3 is 1. The van der Waals surface area contributed by atoms with Gasteiger partial charge in [0.2, 0.25) is 0 Å². The molecule has 0 aromatic heterocycles. The average molecular weight is 323 g/mol. The predicted octanol–water partition coefficient (Wildman–Crippen LogP) is 2.90. The SMILES string of the molecule is COc1ccc(C(Nc2ccccc2C)C(O)CN)cc1.Cl. The first-order chi connectivity index (χ1) is 10.2. The van der Waals surface area contributed by atoms with Crippen LogP contribution in [0.4, 0.5) is 5.69 Å². The number of hydrogen-bond donors (Lipinski definition) is 3. The van der Waals surface area contributed by atoms with Gasteiger partial charge in [-0.1, -0.05) is 30.3 Å². The molecule has 2 aromatic rings. The molecule has 0 aliphatic heterocycles. The van der Waals surface area contributed by atoms with Gasteiger partial charge in [0, 0.05) is 12.2 Å². The van der Waals surface area contributed by atoms with Crippen LogP contribution in [0.2, 0.25) is 0 Å². The van der Waals surface area contributed by atoms with Crippen LogP contribution >= 0.6 is 12.4 Å². The van der Waals surface area contributed by atoms with Gasteiger partial charge in [0.15, 0.2) is 0 Å². The van der Waals surface area contributed by atoms with Crippen molar-refractivity contribution in [3.05, 3.63) is 59.7 Å². The first-order valence-corrected chi connectivity index (χ1v) is 7.00. The smallest absolute Gasteiger partial charge is 0.118 e. The Kier molecular flexibility index (Phi) is 7.18. The molecule has 0 aliphatic rings. The molecule has 120 valence electrons. The van der Waals surface area contributed by atoms with Gasteiger partial charge >= 0.3 is 0 Å². The van der Waals surface area contributed by atoms with E-state index in [9.17, 15) is 5.11 Å². The molecule has 2 unspecified atom stereocenters.